The standard InChI is InChI=1S/C12H27N3O2S/c1-4-9-15(10-5-2)18(16,17)14(3)11-12-7-6-8-13-12/h12-13H,4-11H2,1-3H3. The largest absolute Gasteiger partial charge is 0.313 e. The van der Waals surface area contributed by atoms with Gasteiger partial charge in [0.15, 0.2) is 0 Å². The predicted molar refractivity (Wildman–Crippen MR) is 74.7 cm³/mol. The molecule has 108 valence electrons. The molecule has 0 amide bonds. The predicted octanol–water partition coefficient (Wildman–Crippen LogP) is 1.04. The quantitative estimate of drug-likeness (QED) is 0.721. The molecule has 1 N–H and O–H groups in total. The van der Waals surface area contributed by atoms with Gasteiger partial charge in [-0.2, -0.15) is 17.0 Å². The molecule has 1 rings (SSSR count). The Bertz CT molecular complexity index is 320. The molecular formula is C12H27N3O2S. The molecule has 18 heavy (non-hydrogen) atoms. The topological polar surface area (TPSA) is 52.7 Å². The average Bonchev–Trinajstić information content (AvgIpc) is 2.81. The van der Waals surface area contributed by atoms with Crippen molar-refractivity contribution in [1.29, 1.82) is 0 Å². The first-order chi connectivity index (χ1) is 8.52. The summed E-state index contributed by atoms with van der Waals surface area (Å²) in [5, 5.41) is 3.34. The lowest BCUT2D eigenvalue weighted by atomic mass is 10.2. The monoisotopic (exact) mass is 277 g/mol. The maximum atomic E-state index is 12.4. The minimum absolute atomic E-state index is 0.315. The molecule has 0 saturated carbocycles. The summed E-state index contributed by atoms with van der Waals surface area (Å²) in [6.45, 7) is 6.82. The molecule has 0 radical (unpaired) electrons. The van der Waals surface area contributed by atoms with Crippen LogP contribution in [0.15, 0.2) is 0 Å². The number of hydrogen-bond acceptors (Lipinski definition) is 3. The van der Waals surface area contributed by atoms with Gasteiger partial charge in [-0.3, -0.25) is 0 Å². The van der Waals surface area contributed by atoms with Crippen molar-refractivity contribution < 1.29 is 8.42 Å². The number of nitrogens with one attached hydrogen (secondary N) is 1. The van der Waals surface area contributed by atoms with Crippen molar-refractivity contribution in [3.8, 4) is 0 Å². The van der Waals surface area contributed by atoms with E-state index < -0.39 is 10.2 Å². The zero-order valence-electron chi connectivity index (χ0n) is 11.9. The number of hydrogen-bond donors (Lipinski definition) is 1. The third-order valence-electron chi connectivity index (χ3n) is 3.31. The summed E-state index contributed by atoms with van der Waals surface area (Å²) >= 11 is 0. The van der Waals surface area contributed by atoms with Gasteiger partial charge in [-0.15, -0.1) is 0 Å². The van der Waals surface area contributed by atoms with Gasteiger partial charge in [0.25, 0.3) is 10.2 Å². The molecule has 1 fully saturated rings. The van der Waals surface area contributed by atoms with Crippen LogP contribution in [0.5, 0.6) is 0 Å². The molecule has 0 bridgehead atoms. The van der Waals surface area contributed by atoms with Gasteiger partial charge < -0.3 is 5.32 Å². The molecule has 5 nitrogen and oxygen atoms in total. The van der Waals surface area contributed by atoms with Crippen molar-refractivity contribution >= 4 is 10.2 Å². The lowest BCUT2D eigenvalue weighted by Gasteiger charge is -2.28. The number of nitrogens with zero attached hydrogens (tertiary/aromatic N) is 2. The normalized spacial score (nSPS) is 21.1. The van der Waals surface area contributed by atoms with E-state index in [1.807, 2.05) is 13.8 Å². The van der Waals surface area contributed by atoms with Gasteiger partial charge >= 0.3 is 0 Å². The summed E-state index contributed by atoms with van der Waals surface area (Å²) < 4.78 is 27.9. The van der Waals surface area contributed by atoms with E-state index in [9.17, 15) is 8.42 Å². The first-order valence-corrected chi connectivity index (χ1v) is 8.36. The van der Waals surface area contributed by atoms with Crippen molar-refractivity contribution in [2.24, 2.45) is 0 Å². The van der Waals surface area contributed by atoms with Crippen LogP contribution < -0.4 is 5.32 Å². The molecule has 0 aromatic rings. The summed E-state index contributed by atoms with van der Waals surface area (Å²) in [7, 11) is -1.60. The summed E-state index contributed by atoms with van der Waals surface area (Å²) in [6.07, 6.45) is 3.93. The molecule has 0 aromatic heterocycles. The zero-order chi connectivity index (χ0) is 13.6. The Kier molecular flexibility index (Phi) is 6.55. The second-order valence-corrected chi connectivity index (χ2v) is 7.02. The van der Waals surface area contributed by atoms with Crippen LogP contribution >= 0.6 is 0 Å². The van der Waals surface area contributed by atoms with Gasteiger partial charge in [-0.25, -0.2) is 0 Å². The second-order valence-electron chi connectivity index (χ2n) is 4.98. The minimum Gasteiger partial charge on any atom is -0.313 e. The van der Waals surface area contributed by atoms with Gasteiger partial charge in [-0.1, -0.05) is 13.8 Å². The molecule has 6 heteroatoms. The molecule has 1 atom stereocenters. The highest BCUT2D eigenvalue weighted by Gasteiger charge is 2.28. The molecule has 1 heterocycles. The van der Waals surface area contributed by atoms with E-state index in [0.29, 0.717) is 25.7 Å². The summed E-state index contributed by atoms with van der Waals surface area (Å²) in [5.41, 5.74) is 0. The van der Waals surface area contributed by atoms with Crippen LogP contribution in [-0.2, 0) is 10.2 Å². The third-order valence-corrected chi connectivity index (χ3v) is 5.26. The highest BCUT2D eigenvalue weighted by atomic mass is 32.2. The maximum Gasteiger partial charge on any atom is 0.281 e. The van der Waals surface area contributed by atoms with E-state index in [2.05, 4.69) is 5.32 Å². The fraction of sp³-hybridized carbons (Fsp3) is 1.00. The lowest BCUT2D eigenvalue weighted by Crippen LogP contribution is -2.46. The Labute approximate surface area is 112 Å². The van der Waals surface area contributed by atoms with Crippen LogP contribution in [0.4, 0.5) is 0 Å². The molecule has 1 unspecified atom stereocenters. The first-order valence-electron chi connectivity index (χ1n) is 6.97. The van der Waals surface area contributed by atoms with E-state index in [4.69, 9.17) is 0 Å². The maximum absolute atomic E-state index is 12.4. The fourth-order valence-electron chi connectivity index (χ4n) is 2.36. The van der Waals surface area contributed by atoms with Gasteiger partial charge in [0.05, 0.1) is 0 Å². The summed E-state index contributed by atoms with van der Waals surface area (Å²) in [5.74, 6) is 0. The van der Waals surface area contributed by atoms with Gasteiger partial charge in [-0.05, 0) is 32.2 Å². The van der Waals surface area contributed by atoms with Gasteiger partial charge in [0.1, 0.15) is 0 Å². The van der Waals surface area contributed by atoms with E-state index in [0.717, 1.165) is 32.2 Å². The van der Waals surface area contributed by atoms with Crippen molar-refractivity contribution in [2.45, 2.75) is 45.6 Å². The Balaban J connectivity index is 2.62. The Morgan fingerprint density at radius 1 is 1.22 bits per heavy atom. The van der Waals surface area contributed by atoms with Crippen molar-refractivity contribution in [2.75, 3.05) is 33.2 Å². The molecule has 1 aliphatic rings. The molecule has 0 spiro atoms. The number of likely N-dealkylation sites (N-methyl/N-ethyl adjacent to an activating group) is 1. The van der Waals surface area contributed by atoms with Gasteiger partial charge in [0, 0.05) is 32.7 Å². The highest BCUT2D eigenvalue weighted by molar-refractivity contribution is 7.86. The molecular weight excluding hydrogens is 250 g/mol. The van der Waals surface area contributed by atoms with Gasteiger partial charge in [0.2, 0.25) is 0 Å². The van der Waals surface area contributed by atoms with E-state index in [-0.39, 0.29) is 0 Å². The highest BCUT2D eigenvalue weighted by Crippen LogP contribution is 2.12. The van der Waals surface area contributed by atoms with Crippen LogP contribution in [0.2, 0.25) is 0 Å². The van der Waals surface area contributed by atoms with Crippen LogP contribution in [0.1, 0.15) is 39.5 Å². The minimum atomic E-state index is -3.29. The molecule has 0 aromatic carbocycles. The second kappa shape index (κ2) is 7.43. The lowest BCUT2D eigenvalue weighted by molar-refractivity contribution is 0.343. The Morgan fingerprint density at radius 2 is 1.83 bits per heavy atom. The summed E-state index contributed by atoms with van der Waals surface area (Å²) in [4.78, 5) is 0. The van der Waals surface area contributed by atoms with E-state index >= 15 is 0 Å². The Hall–Kier alpha value is -0.170. The average molecular weight is 277 g/mol. The first kappa shape index (κ1) is 15.9. The van der Waals surface area contributed by atoms with Crippen LogP contribution in [0, 0.1) is 0 Å². The van der Waals surface area contributed by atoms with Crippen molar-refractivity contribution in [3.63, 3.8) is 0 Å². The molecule has 1 aliphatic heterocycles. The van der Waals surface area contributed by atoms with Crippen molar-refractivity contribution in [1.82, 2.24) is 13.9 Å². The van der Waals surface area contributed by atoms with E-state index in [1.165, 1.54) is 4.31 Å². The molecule has 0 aliphatic carbocycles. The zero-order valence-corrected chi connectivity index (χ0v) is 12.7. The van der Waals surface area contributed by atoms with Crippen LogP contribution in [0.3, 0.4) is 0 Å². The summed E-state index contributed by atoms with van der Waals surface area (Å²) in [6, 6.07) is 0.315. The SMILES string of the molecule is CCCN(CCC)S(=O)(=O)N(C)CC1CCCN1. The smallest absolute Gasteiger partial charge is 0.281 e. The Morgan fingerprint density at radius 3 is 2.28 bits per heavy atom. The molecule has 1 saturated heterocycles. The van der Waals surface area contributed by atoms with Crippen LogP contribution in [-0.4, -0.2) is 56.3 Å². The number of rotatable bonds is 8. The van der Waals surface area contributed by atoms with E-state index in [1.54, 1.807) is 11.4 Å². The third kappa shape index (κ3) is 4.19. The fourth-order valence-corrected chi connectivity index (χ4v) is 3.94. The van der Waals surface area contributed by atoms with Crippen LogP contribution in [0.25, 0.3) is 0 Å². The van der Waals surface area contributed by atoms with Crippen molar-refractivity contribution in [3.05, 3.63) is 0 Å².